The third-order valence-corrected chi connectivity index (χ3v) is 5.36. The molecule has 7 heteroatoms. The maximum Gasteiger partial charge on any atom is 0.407 e. The van der Waals surface area contributed by atoms with Gasteiger partial charge in [-0.15, -0.1) is 0 Å². The van der Waals surface area contributed by atoms with E-state index < -0.39 is 5.60 Å². The second kappa shape index (κ2) is 10.9. The predicted octanol–water partition coefficient (Wildman–Crippen LogP) is 2.72. The minimum atomic E-state index is -0.451. The van der Waals surface area contributed by atoms with Crippen molar-refractivity contribution < 1.29 is 9.53 Å². The summed E-state index contributed by atoms with van der Waals surface area (Å²) in [6.45, 7) is 11.9. The van der Waals surface area contributed by atoms with Crippen LogP contribution in [0.4, 0.5) is 4.79 Å². The van der Waals surface area contributed by atoms with Gasteiger partial charge in [0.25, 0.3) is 0 Å². The molecule has 2 rings (SSSR count). The number of guanidine groups is 1. The number of piperidine rings is 1. The molecule has 0 radical (unpaired) electrons. The number of carbonyl (C=O) groups is 1. The quantitative estimate of drug-likeness (QED) is 0.493. The summed E-state index contributed by atoms with van der Waals surface area (Å²) in [5, 5.41) is 9.99. The molecule has 7 nitrogen and oxygen atoms in total. The fraction of sp³-hybridized carbons (Fsp3) is 0.905. The van der Waals surface area contributed by atoms with Crippen LogP contribution in [0.15, 0.2) is 4.99 Å². The van der Waals surface area contributed by atoms with Gasteiger partial charge in [-0.3, -0.25) is 4.99 Å². The number of hydrogen-bond donors (Lipinski definition) is 3. The standard InChI is InChI=1S/C21H41N5O2/c1-6-22-19(23-14-16-8-7-13-26(5)15-16)24-17-9-11-18(12-10-17)25-20(27)28-21(2,3)4/h16-18H,6-15H2,1-5H3,(H,25,27)(H2,22,23,24). The number of aliphatic imine (C=N–C) groups is 1. The summed E-state index contributed by atoms with van der Waals surface area (Å²) in [7, 11) is 2.20. The molecule has 3 N–H and O–H groups in total. The molecule has 1 atom stereocenters. The minimum Gasteiger partial charge on any atom is -0.444 e. The number of rotatable bonds is 5. The van der Waals surface area contributed by atoms with Gasteiger partial charge in [0, 0.05) is 31.7 Å². The van der Waals surface area contributed by atoms with Crippen LogP contribution in [0.2, 0.25) is 0 Å². The first-order valence-electron chi connectivity index (χ1n) is 11.0. The van der Waals surface area contributed by atoms with E-state index in [0.29, 0.717) is 12.0 Å². The average Bonchev–Trinajstić information content (AvgIpc) is 2.60. The number of hydrogen-bond acceptors (Lipinski definition) is 4. The van der Waals surface area contributed by atoms with Crippen molar-refractivity contribution >= 4 is 12.1 Å². The number of amides is 1. The van der Waals surface area contributed by atoms with Gasteiger partial charge >= 0.3 is 6.09 Å². The zero-order valence-corrected chi connectivity index (χ0v) is 18.5. The van der Waals surface area contributed by atoms with Crippen LogP contribution in [-0.4, -0.2) is 67.9 Å². The zero-order valence-electron chi connectivity index (χ0n) is 18.5. The first kappa shape index (κ1) is 22.8. The van der Waals surface area contributed by atoms with Gasteiger partial charge in [-0.05, 0) is 85.7 Å². The molecule has 28 heavy (non-hydrogen) atoms. The van der Waals surface area contributed by atoms with Gasteiger partial charge in [0.2, 0.25) is 0 Å². The van der Waals surface area contributed by atoms with E-state index in [0.717, 1.165) is 51.3 Å². The summed E-state index contributed by atoms with van der Waals surface area (Å²) in [4.78, 5) is 19.2. The number of nitrogens with zero attached hydrogens (tertiary/aromatic N) is 2. The smallest absolute Gasteiger partial charge is 0.407 e. The molecule has 162 valence electrons. The monoisotopic (exact) mass is 395 g/mol. The molecule has 0 aromatic heterocycles. The fourth-order valence-corrected chi connectivity index (χ4v) is 4.01. The van der Waals surface area contributed by atoms with Crippen LogP contribution in [0.25, 0.3) is 0 Å². The van der Waals surface area contributed by atoms with Crippen molar-refractivity contribution in [2.24, 2.45) is 10.9 Å². The third kappa shape index (κ3) is 8.67. The van der Waals surface area contributed by atoms with E-state index in [1.807, 2.05) is 20.8 Å². The van der Waals surface area contributed by atoms with Crippen LogP contribution in [0.5, 0.6) is 0 Å². The summed E-state index contributed by atoms with van der Waals surface area (Å²) >= 11 is 0. The van der Waals surface area contributed by atoms with Gasteiger partial charge in [-0.2, -0.15) is 0 Å². The van der Waals surface area contributed by atoms with E-state index >= 15 is 0 Å². The molecule has 1 saturated carbocycles. The van der Waals surface area contributed by atoms with Crippen LogP contribution in [0.1, 0.15) is 66.2 Å². The van der Waals surface area contributed by atoms with Crippen molar-refractivity contribution in [1.29, 1.82) is 0 Å². The van der Waals surface area contributed by atoms with Gasteiger partial charge in [0.05, 0.1) is 0 Å². The van der Waals surface area contributed by atoms with Crippen molar-refractivity contribution in [1.82, 2.24) is 20.9 Å². The number of alkyl carbamates (subject to hydrolysis) is 1. The van der Waals surface area contributed by atoms with E-state index in [9.17, 15) is 4.79 Å². The highest BCUT2D eigenvalue weighted by Crippen LogP contribution is 2.20. The Morgan fingerprint density at radius 1 is 1.11 bits per heavy atom. The first-order valence-corrected chi connectivity index (χ1v) is 11.0. The second-order valence-corrected chi connectivity index (χ2v) is 9.33. The van der Waals surface area contributed by atoms with Crippen molar-refractivity contribution in [3.63, 3.8) is 0 Å². The molecule has 1 unspecified atom stereocenters. The lowest BCUT2D eigenvalue weighted by molar-refractivity contribution is 0.0490. The Kier molecular flexibility index (Phi) is 8.86. The van der Waals surface area contributed by atoms with Crippen LogP contribution in [0.3, 0.4) is 0 Å². The Bertz CT molecular complexity index is 509. The van der Waals surface area contributed by atoms with E-state index in [1.165, 1.54) is 19.4 Å². The van der Waals surface area contributed by atoms with Crippen LogP contribution in [-0.2, 0) is 4.74 Å². The molecular formula is C21H41N5O2. The van der Waals surface area contributed by atoms with Crippen LogP contribution >= 0.6 is 0 Å². The van der Waals surface area contributed by atoms with Crippen molar-refractivity contribution in [2.45, 2.75) is 83.9 Å². The molecule has 1 saturated heterocycles. The fourth-order valence-electron chi connectivity index (χ4n) is 4.01. The first-order chi connectivity index (χ1) is 13.2. The maximum absolute atomic E-state index is 11.9. The Morgan fingerprint density at radius 2 is 1.75 bits per heavy atom. The zero-order chi connectivity index (χ0) is 20.6. The molecule has 2 aliphatic rings. The van der Waals surface area contributed by atoms with Gasteiger partial charge in [-0.25, -0.2) is 4.79 Å². The van der Waals surface area contributed by atoms with Gasteiger partial charge in [0.15, 0.2) is 5.96 Å². The molecule has 1 heterocycles. The van der Waals surface area contributed by atoms with E-state index in [2.05, 4.69) is 34.8 Å². The molecule has 1 aliphatic heterocycles. The summed E-state index contributed by atoms with van der Waals surface area (Å²) in [5.41, 5.74) is -0.451. The van der Waals surface area contributed by atoms with Crippen molar-refractivity contribution in [2.75, 3.05) is 33.2 Å². The molecule has 0 spiro atoms. The lowest BCUT2D eigenvalue weighted by Gasteiger charge is -2.32. The number of nitrogens with one attached hydrogen (secondary N) is 3. The second-order valence-electron chi connectivity index (χ2n) is 9.33. The molecule has 2 fully saturated rings. The van der Waals surface area contributed by atoms with E-state index in [4.69, 9.17) is 9.73 Å². The minimum absolute atomic E-state index is 0.199. The maximum atomic E-state index is 11.9. The topological polar surface area (TPSA) is 78.0 Å². The average molecular weight is 396 g/mol. The predicted molar refractivity (Wildman–Crippen MR) is 115 cm³/mol. The van der Waals surface area contributed by atoms with Crippen molar-refractivity contribution in [3.05, 3.63) is 0 Å². The summed E-state index contributed by atoms with van der Waals surface area (Å²) < 4.78 is 5.36. The highest BCUT2D eigenvalue weighted by Gasteiger charge is 2.25. The molecule has 0 bridgehead atoms. The van der Waals surface area contributed by atoms with E-state index in [1.54, 1.807) is 0 Å². The highest BCUT2D eigenvalue weighted by atomic mass is 16.6. The van der Waals surface area contributed by atoms with Gasteiger partial charge in [-0.1, -0.05) is 0 Å². The number of carbonyl (C=O) groups excluding carboxylic acids is 1. The lowest BCUT2D eigenvalue weighted by Crippen LogP contribution is -2.48. The Balaban J connectivity index is 1.75. The Morgan fingerprint density at radius 3 is 2.32 bits per heavy atom. The van der Waals surface area contributed by atoms with Crippen LogP contribution < -0.4 is 16.0 Å². The summed E-state index contributed by atoms with van der Waals surface area (Å²) in [6.07, 6.45) is 6.21. The molecule has 0 aromatic carbocycles. The van der Waals surface area contributed by atoms with Gasteiger partial charge in [0.1, 0.15) is 5.60 Å². The molecule has 0 aromatic rings. The lowest BCUT2D eigenvalue weighted by atomic mass is 9.91. The molecular weight excluding hydrogens is 354 g/mol. The third-order valence-electron chi connectivity index (χ3n) is 5.36. The number of likely N-dealkylation sites (tertiary alicyclic amines) is 1. The SMILES string of the molecule is CCNC(=NCC1CCCN(C)C1)NC1CCC(NC(=O)OC(C)(C)C)CC1. The van der Waals surface area contributed by atoms with E-state index in [-0.39, 0.29) is 12.1 Å². The highest BCUT2D eigenvalue weighted by molar-refractivity contribution is 5.80. The Labute approximate surface area is 171 Å². The molecule has 1 amide bonds. The van der Waals surface area contributed by atoms with Crippen LogP contribution in [0, 0.1) is 5.92 Å². The molecule has 1 aliphatic carbocycles. The summed E-state index contributed by atoms with van der Waals surface area (Å²) in [5.74, 6) is 1.59. The van der Waals surface area contributed by atoms with Gasteiger partial charge < -0.3 is 25.6 Å². The normalized spacial score (nSPS) is 27.2. The number of ether oxygens (including phenoxy) is 1. The van der Waals surface area contributed by atoms with Crippen molar-refractivity contribution in [3.8, 4) is 0 Å². The summed E-state index contributed by atoms with van der Waals surface area (Å²) in [6, 6.07) is 0.605. The largest absolute Gasteiger partial charge is 0.444 e. The Hall–Kier alpha value is -1.50.